The first-order valence-electron chi connectivity index (χ1n) is 10.4. The van der Waals surface area contributed by atoms with Crippen molar-refractivity contribution in [2.24, 2.45) is 11.1 Å². The predicted molar refractivity (Wildman–Crippen MR) is 132 cm³/mol. The quantitative estimate of drug-likeness (QED) is 0.465. The van der Waals surface area contributed by atoms with E-state index in [0.29, 0.717) is 45.4 Å². The van der Waals surface area contributed by atoms with Crippen LogP contribution in [0.1, 0.15) is 45.0 Å². The number of nitrogens with zero attached hydrogens (tertiary/aromatic N) is 2. The highest BCUT2D eigenvalue weighted by molar-refractivity contribution is 7.12. The molecule has 0 saturated carbocycles. The third kappa shape index (κ3) is 6.42. The van der Waals surface area contributed by atoms with E-state index in [2.05, 4.69) is 11.4 Å². The molecule has 3 rings (SSSR count). The van der Waals surface area contributed by atoms with Crippen LogP contribution >= 0.6 is 22.9 Å². The predicted octanol–water partition coefficient (Wildman–Crippen LogP) is 5.15. The SMILES string of the molecule is CC(C)(CN)CN(Cc1cc(NC(=O)c2cccs2)ccc1Cl)C(=O)c1ccc(C#N)cc1. The van der Waals surface area contributed by atoms with Crippen molar-refractivity contribution >= 4 is 40.4 Å². The number of nitrogens with two attached hydrogens (primary N) is 1. The topological polar surface area (TPSA) is 99.2 Å². The summed E-state index contributed by atoms with van der Waals surface area (Å²) in [7, 11) is 0. The normalized spacial score (nSPS) is 11.0. The molecule has 0 radical (unpaired) electrons. The Labute approximate surface area is 202 Å². The number of hydrogen-bond donors (Lipinski definition) is 2. The molecule has 0 saturated heterocycles. The summed E-state index contributed by atoms with van der Waals surface area (Å²) in [4.78, 5) is 28.1. The molecule has 0 unspecified atom stereocenters. The summed E-state index contributed by atoms with van der Waals surface area (Å²) in [6, 6.07) is 17.4. The summed E-state index contributed by atoms with van der Waals surface area (Å²) in [5.74, 6) is -0.391. The first-order valence-corrected chi connectivity index (χ1v) is 11.6. The van der Waals surface area contributed by atoms with Crippen molar-refractivity contribution in [3.63, 3.8) is 0 Å². The van der Waals surface area contributed by atoms with Crippen molar-refractivity contribution in [1.82, 2.24) is 4.90 Å². The largest absolute Gasteiger partial charge is 0.334 e. The van der Waals surface area contributed by atoms with E-state index < -0.39 is 0 Å². The number of carbonyl (C=O) groups excluding carboxylic acids is 2. The van der Waals surface area contributed by atoms with Crippen LogP contribution < -0.4 is 11.1 Å². The highest BCUT2D eigenvalue weighted by Gasteiger charge is 2.25. The van der Waals surface area contributed by atoms with Gasteiger partial charge in [-0.25, -0.2) is 0 Å². The Morgan fingerprint density at radius 2 is 1.91 bits per heavy atom. The zero-order valence-corrected chi connectivity index (χ0v) is 20.0. The van der Waals surface area contributed by atoms with Crippen LogP contribution in [-0.2, 0) is 6.54 Å². The van der Waals surface area contributed by atoms with Crippen molar-refractivity contribution in [3.8, 4) is 6.07 Å². The van der Waals surface area contributed by atoms with E-state index in [4.69, 9.17) is 22.6 Å². The second kappa shape index (κ2) is 10.6. The highest BCUT2D eigenvalue weighted by atomic mass is 35.5. The molecule has 1 aromatic heterocycles. The van der Waals surface area contributed by atoms with Gasteiger partial charge in [-0.05, 0) is 71.4 Å². The van der Waals surface area contributed by atoms with Gasteiger partial charge in [0, 0.05) is 29.4 Å². The molecule has 0 fully saturated rings. The maximum atomic E-state index is 13.4. The minimum Gasteiger partial charge on any atom is -0.334 e. The molecule has 33 heavy (non-hydrogen) atoms. The molecule has 8 heteroatoms. The monoisotopic (exact) mass is 480 g/mol. The van der Waals surface area contributed by atoms with E-state index in [1.807, 2.05) is 25.3 Å². The van der Waals surface area contributed by atoms with Gasteiger partial charge in [0.25, 0.3) is 11.8 Å². The molecule has 3 N–H and O–H groups in total. The summed E-state index contributed by atoms with van der Waals surface area (Å²) in [6.07, 6.45) is 0. The average Bonchev–Trinajstić information content (AvgIpc) is 3.35. The molecule has 0 spiro atoms. The number of halogens is 1. The molecular weight excluding hydrogens is 456 g/mol. The van der Waals surface area contributed by atoms with Crippen molar-refractivity contribution in [3.05, 3.63) is 86.6 Å². The van der Waals surface area contributed by atoms with Gasteiger partial charge in [-0.1, -0.05) is 31.5 Å². The number of nitriles is 1. The van der Waals surface area contributed by atoms with E-state index in [1.165, 1.54) is 11.3 Å². The van der Waals surface area contributed by atoms with Crippen LogP contribution in [0.2, 0.25) is 5.02 Å². The van der Waals surface area contributed by atoms with Crippen LogP contribution in [0.25, 0.3) is 0 Å². The Balaban J connectivity index is 1.87. The van der Waals surface area contributed by atoms with Crippen molar-refractivity contribution < 1.29 is 9.59 Å². The number of anilines is 1. The lowest BCUT2D eigenvalue weighted by atomic mass is 9.92. The molecule has 2 aromatic carbocycles. The molecular formula is C25H25ClN4O2S. The molecule has 2 amide bonds. The van der Waals surface area contributed by atoms with Gasteiger partial charge in [0.15, 0.2) is 0 Å². The van der Waals surface area contributed by atoms with Crippen LogP contribution in [0.5, 0.6) is 0 Å². The fraction of sp³-hybridized carbons (Fsp3) is 0.240. The van der Waals surface area contributed by atoms with Gasteiger partial charge >= 0.3 is 0 Å². The molecule has 170 valence electrons. The lowest BCUT2D eigenvalue weighted by Gasteiger charge is -2.32. The molecule has 0 aliphatic heterocycles. The van der Waals surface area contributed by atoms with Crippen LogP contribution in [0.4, 0.5) is 5.69 Å². The van der Waals surface area contributed by atoms with Gasteiger partial charge in [-0.3, -0.25) is 9.59 Å². The highest BCUT2D eigenvalue weighted by Crippen LogP contribution is 2.26. The molecule has 1 heterocycles. The Morgan fingerprint density at radius 1 is 1.18 bits per heavy atom. The lowest BCUT2D eigenvalue weighted by Crippen LogP contribution is -2.41. The first kappa shape index (κ1) is 24.5. The molecule has 0 aliphatic carbocycles. The van der Waals surface area contributed by atoms with Crippen LogP contribution in [-0.4, -0.2) is 29.8 Å². The summed E-state index contributed by atoms with van der Waals surface area (Å²) < 4.78 is 0. The Morgan fingerprint density at radius 3 is 2.52 bits per heavy atom. The van der Waals surface area contributed by atoms with Crippen LogP contribution in [0, 0.1) is 16.7 Å². The summed E-state index contributed by atoms with van der Waals surface area (Å²) >= 11 is 7.82. The lowest BCUT2D eigenvalue weighted by molar-refractivity contribution is 0.0673. The number of benzene rings is 2. The Bertz CT molecular complexity index is 1170. The average molecular weight is 481 g/mol. The van der Waals surface area contributed by atoms with Crippen molar-refractivity contribution in [2.45, 2.75) is 20.4 Å². The molecule has 0 bridgehead atoms. The molecule has 0 atom stereocenters. The summed E-state index contributed by atoms with van der Waals surface area (Å²) in [5, 5.41) is 14.2. The molecule has 0 aliphatic rings. The second-order valence-electron chi connectivity index (χ2n) is 8.46. The van der Waals surface area contributed by atoms with E-state index in [0.717, 1.165) is 0 Å². The van der Waals surface area contributed by atoms with E-state index >= 15 is 0 Å². The summed E-state index contributed by atoms with van der Waals surface area (Å²) in [5.41, 5.74) is 7.87. The number of carbonyl (C=O) groups is 2. The summed E-state index contributed by atoms with van der Waals surface area (Å²) in [6.45, 7) is 5.03. The van der Waals surface area contributed by atoms with Crippen molar-refractivity contribution in [2.75, 3.05) is 18.4 Å². The number of rotatable bonds is 8. The molecule has 3 aromatic rings. The van der Waals surface area contributed by atoms with Crippen LogP contribution in [0.3, 0.4) is 0 Å². The maximum absolute atomic E-state index is 13.4. The fourth-order valence-electron chi connectivity index (χ4n) is 3.23. The van der Waals surface area contributed by atoms with E-state index in [9.17, 15) is 9.59 Å². The van der Waals surface area contributed by atoms with E-state index in [1.54, 1.807) is 53.4 Å². The first-order chi connectivity index (χ1) is 15.7. The van der Waals surface area contributed by atoms with Crippen molar-refractivity contribution in [1.29, 1.82) is 5.26 Å². The smallest absolute Gasteiger partial charge is 0.265 e. The number of amides is 2. The zero-order valence-electron chi connectivity index (χ0n) is 18.5. The number of thiophene rings is 1. The minimum atomic E-state index is -0.320. The van der Waals surface area contributed by atoms with Gasteiger partial charge in [-0.15, -0.1) is 11.3 Å². The Kier molecular flexibility index (Phi) is 7.88. The minimum absolute atomic E-state index is 0.190. The second-order valence-corrected chi connectivity index (χ2v) is 9.81. The fourth-order valence-corrected chi connectivity index (χ4v) is 4.03. The number of hydrogen-bond acceptors (Lipinski definition) is 5. The molecule has 6 nitrogen and oxygen atoms in total. The van der Waals surface area contributed by atoms with Gasteiger partial charge in [0.2, 0.25) is 0 Å². The standard InChI is InChI=1S/C25H25ClN4O2S/c1-25(2,15-28)16-30(24(32)18-7-5-17(13-27)6-8-18)14-19-12-20(9-10-21(19)26)29-23(31)22-4-3-11-33-22/h3-12H,14-16,28H2,1-2H3,(H,29,31). The van der Waals surface area contributed by atoms with Crippen LogP contribution in [0.15, 0.2) is 60.0 Å². The van der Waals surface area contributed by atoms with Gasteiger partial charge < -0.3 is 16.0 Å². The third-order valence-corrected chi connectivity index (χ3v) is 6.37. The third-order valence-electron chi connectivity index (χ3n) is 5.13. The Hall–Kier alpha value is -3.18. The van der Waals surface area contributed by atoms with Gasteiger partial charge in [0.1, 0.15) is 0 Å². The van der Waals surface area contributed by atoms with Gasteiger partial charge in [-0.2, -0.15) is 5.26 Å². The van der Waals surface area contributed by atoms with Gasteiger partial charge in [0.05, 0.1) is 16.5 Å². The number of nitrogens with one attached hydrogen (secondary N) is 1. The zero-order chi connectivity index (χ0) is 24.0. The maximum Gasteiger partial charge on any atom is 0.265 e. The van der Waals surface area contributed by atoms with E-state index in [-0.39, 0.29) is 23.8 Å².